The molecular formula is C14H20N2O2S. The quantitative estimate of drug-likeness (QED) is 0.751. The molecule has 1 unspecified atom stereocenters. The van der Waals surface area contributed by atoms with Crippen molar-refractivity contribution >= 4 is 29.1 Å². The molecule has 0 fully saturated rings. The van der Waals surface area contributed by atoms with Crippen molar-refractivity contribution in [3.8, 4) is 0 Å². The van der Waals surface area contributed by atoms with Crippen LogP contribution in [0.4, 0.5) is 5.69 Å². The fourth-order valence-corrected chi connectivity index (χ4v) is 2.32. The molecule has 3 N–H and O–H groups in total. The third-order valence-corrected chi connectivity index (χ3v) is 3.88. The van der Waals surface area contributed by atoms with Gasteiger partial charge in [0.05, 0.1) is 5.75 Å². The largest absolute Gasteiger partial charge is 0.330 e. The summed E-state index contributed by atoms with van der Waals surface area (Å²) in [4.78, 5) is 22.8. The molecule has 0 aromatic heterocycles. The maximum absolute atomic E-state index is 11.7. The number of ketones is 1. The van der Waals surface area contributed by atoms with E-state index in [0.717, 1.165) is 5.75 Å². The maximum Gasteiger partial charge on any atom is 0.234 e. The monoisotopic (exact) mass is 280 g/mol. The Hall–Kier alpha value is -1.33. The third kappa shape index (κ3) is 5.89. The van der Waals surface area contributed by atoms with Gasteiger partial charge in [-0.2, -0.15) is 11.8 Å². The molecule has 19 heavy (non-hydrogen) atoms. The summed E-state index contributed by atoms with van der Waals surface area (Å²) in [7, 11) is 0. The van der Waals surface area contributed by atoms with Gasteiger partial charge in [-0.25, -0.2) is 0 Å². The number of amides is 1. The van der Waals surface area contributed by atoms with Crippen LogP contribution in [-0.2, 0) is 4.79 Å². The molecule has 1 aromatic rings. The fourth-order valence-electron chi connectivity index (χ4n) is 1.41. The lowest BCUT2D eigenvalue weighted by Gasteiger charge is -2.08. The second-order valence-corrected chi connectivity index (χ2v) is 5.57. The van der Waals surface area contributed by atoms with E-state index in [1.165, 1.54) is 6.92 Å². The molecule has 1 aromatic carbocycles. The number of thioether (sulfide) groups is 1. The van der Waals surface area contributed by atoms with E-state index in [4.69, 9.17) is 5.73 Å². The maximum atomic E-state index is 11.7. The fraction of sp³-hybridized carbons (Fsp3) is 0.429. The summed E-state index contributed by atoms with van der Waals surface area (Å²) in [5.74, 6) is 1.70. The number of hydrogen-bond donors (Lipinski definition) is 2. The molecule has 5 heteroatoms. The van der Waals surface area contributed by atoms with Crippen LogP contribution in [0.15, 0.2) is 24.3 Å². The molecule has 0 saturated heterocycles. The number of rotatable bonds is 7. The van der Waals surface area contributed by atoms with Crippen LogP contribution in [0, 0.1) is 5.92 Å². The SMILES string of the molecule is CC(=O)c1ccc(NC(=O)CSCC(C)CN)cc1. The summed E-state index contributed by atoms with van der Waals surface area (Å²) >= 11 is 1.58. The molecule has 1 atom stereocenters. The number of nitrogens with one attached hydrogen (secondary N) is 1. The zero-order valence-corrected chi connectivity index (χ0v) is 12.1. The summed E-state index contributed by atoms with van der Waals surface area (Å²) in [5, 5.41) is 2.80. The third-order valence-electron chi connectivity index (χ3n) is 2.61. The molecule has 0 aliphatic carbocycles. The Kier molecular flexibility index (Phi) is 6.59. The Balaban J connectivity index is 2.38. The number of anilines is 1. The highest BCUT2D eigenvalue weighted by Gasteiger charge is 2.05. The molecular weight excluding hydrogens is 260 g/mol. The van der Waals surface area contributed by atoms with E-state index in [-0.39, 0.29) is 11.7 Å². The van der Waals surface area contributed by atoms with E-state index in [0.29, 0.717) is 29.5 Å². The zero-order valence-electron chi connectivity index (χ0n) is 11.3. The molecule has 0 heterocycles. The smallest absolute Gasteiger partial charge is 0.234 e. The van der Waals surface area contributed by atoms with Gasteiger partial charge < -0.3 is 11.1 Å². The van der Waals surface area contributed by atoms with Gasteiger partial charge in [-0.05, 0) is 49.4 Å². The van der Waals surface area contributed by atoms with E-state index in [1.807, 2.05) is 0 Å². The van der Waals surface area contributed by atoms with Gasteiger partial charge in [-0.1, -0.05) is 6.92 Å². The lowest BCUT2D eigenvalue weighted by Crippen LogP contribution is -2.17. The molecule has 0 aliphatic rings. The minimum Gasteiger partial charge on any atom is -0.330 e. The highest BCUT2D eigenvalue weighted by atomic mass is 32.2. The minimum absolute atomic E-state index is 0.0178. The molecule has 0 saturated carbocycles. The zero-order chi connectivity index (χ0) is 14.3. The van der Waals surface area contributed by atoms with Crippen LogP contribution in [0.2, 0.25) is 0 Å². The Morgan fingerprint density at radius 3 is 2.47 bits per heavy atom. The Morgan fingerprint density at radius 1 is 1.32 bits per heavy atom. The lowest BCUT2D eigenvalue weighted by molar-refractivity contribution is -0.113. The van der Waals surface area contributed by atoms with Crippen LogP contribution in [-0.4, -0.2) is 29.7 Å². The molecule has 1 rings (SSSR count). The van der Waals surface area contributed by atoms with E-state index in [2.05, 4.69) is 12.2 Å². The standard InChI is InChI=1S/C14H20N2O2S/c1-10(7-15)8-19-9-14(18)16-13-5-3-12(4-6-13)11(2)17/h3-6,10H,7-9,15H2,1-2H3,(H,16,18). The minimum atomic E-state index is -0.0372. The highest BCUT2D eigenvalue weighted by molar-refractivity contribution is 7.99. The van der Waals surface area contributed by atoms with Crippen LogP contribution >= 0.6 is 11.8 Å². The number of carbonyl (C=O) groups excluding carboxylic acids is 2. The van der Waals surface area contributed by atoms with Crippen LogP contribution in [0.1, 0.15) is 24.2 Å². The lowest BCUT2D eigenvalue weighted by atomic mass is 10.1. The van der Waals surface area contributed by atoms with Crippen molar-refractivity contribution in [3.63, 3.8) is 0 Å². The van der Waals surface area contributed by atoms with Gasteiger partial charge in [-0.3, -0.25) is 9.59 Å². The number of benzene rings is 1. The molecule has 4 nitrogen and oxygen atoms in total. The van der Waals surface area contributed by atoms with Crippen molar-refractivity contribution in [1.29, 1.82) is 0 Å². The highest BCUT2D eigenvalue weighted by Crippen LogP contribution is 2.12. The molecule has 0 aliphatic heterocycles. The summed E-state index contributed by atoms with van der Waals surface area (Å²) < 4.78 is 0. The Labute approximate surface area is 118 Å². The topological polar surface area (TPSA) is 72.2 Å². The normalized spacial score (nSPS) is 11.9. The van der Waals surface area contributed by atoms with Crippen molar-refractivity contribution in [1.82, 2.24) is 0 Å². The van der Waals surface area contributed by atoms with Crippen molar-refractivity contribution in [2.45, 2.75) is 13.8 Å². The first-order valence-corrected chi connectivity index (χ1v) is 7.37. The number of hydrogen-bond acceptors (Lipinski definition) is 4. The second-order valence-electron chi connectivity index (χ2n) is 4.54. The predicted molar refractivity (Wildman–Crippen MR) is 80.6 cm³/mol. The molecule has 1 amide bonds. The number of carbonyl (C=O) groups is 2. The number of Topliss-reactive ketones (excluding diaryl/α,β-unsaturated/α-hetero) is 1. The van der Waals surface area contributed by atoms with Gasteiger partial charge >= 0.3 is 0 Å². The molecule has 0 radical (unpaired) electrons. The van der Waals surface area contributed by atoms with E-state index in [9.17, 15) is 9.59 Å². The second kappa shape index (κ2) is 7.96. The molecule has 0 bridgehead atoms. The van der Waals surface area contributed by atoms with E-state index in [1.54, 1.807) is 36.0 Å². The molecule has 104 valence electrons. The van der Waals surface area contributed by atoms with Crippen LogP contribution in [0.25, 0.3) is 0 Å². The van der Waals surface area contributed by atoms with Crippen molar-refractivity contribution in [2.75, 3.05) is 23.4 Å². The van der Waals surface area contributed by atoms with Crippen molar-refractivity contribution in [3.05, 3.63) is 29.8 Å². The van der Waals surface area contributed by atoms with Crippen molar-refractivity contribution < 1.29 is 9.59 Å². The summed E-state index contributed by atoms with van der Waals surface area (Å²) in [6, 6.07) is 6.90. The first-order valence-electron chi connectivity index (χ1n) is 6.21. The van der Waals surface area contributed by atoms with Gasteiger partial charge in [0.2, 0.25) is 5.91 Å². The van der Waals surface area contributed by atoms with E-state index < -0.39 is 0 Å². The Bertz CT molecular complexity index is 432. The summed E-state index contributed by atoms with van der Waals surface area (Å²) in [6.07, 6.45) is 0. The van der Waals surface area contributed by atoms with Gasteiger partial charge in [0.25, 0.3) is 0 Å². The first kappa shape index (κ1) is 15.7. The average molecular weight is 280 g/mol. The first-order chi connectivity index (χ1) is 9.02. The van der Waals surface area contributed by atoms with Gasteiger partial charge in [-0.15, -0.1) is 0 Å². The van der Waals surface area contributed by atoms with Crippen molar-refractivity contribution in [2.24, 2.45) is 11.7 Å². The van der Waals surface area contributed by atoms with E-state index >= 15 is 0 Å². The Morgan fingerprint density at radius 2 is 1.95 bits per heavy atom. The van der Waals surface area contributed by atoms with Gasteiger partial charge in [0, 0.05) is 11.3 Å². The summed E-state index contributed by atoms with van der Waals surface area (Å²) in [5.41, 5.74) is 6.86. The number of nitrogens with two attached hydrogens (primary N) is 1. The predicted octanol–water partition coefficient (Wildman–Crippen LogP) is 2.16. The van der Waals surface area contributed by atoms with Gasteiger partial charge in [0.1, 0.15) is 0 Å². The van der Waals surface area contributed by atoms with Gasteiger partial charge in [0.15, 0.2) is 5.78 Å². The van der Waals surface area contributed by atoms with Crippen LogP contribution in [0.3, 0.4) is 0 Å². The van der Waals surface area contributed by atoms with Crippen LogP contribution < -0.4 is 11.1 Å². The van der Waals surface area contributed by atoms with Crippen LogP contribution in [0.5, 0.6) is 0 Å². The molecule has 0 spiro atoms. The average Bonchev–Trinajstić information content (AvgIpc) is 2.39. The summed E-state index contributed by atoms with van der Waals surface area (Å²) in [6.45, 7) is 4.22.